The molecular weight excluding hydrogens is 235 g/mol. The van der Waals surface area contributed by atoms with Gasteiger partial charge in [0.1, 0.15) is 4.88 Å². The van der Waals surface area contributed by atoms with E-state index in [0.29, 0.717) is 22.8 Å². The van der Waals surface area contributed by atoms with Crippen molar-refractivity contribution in [3.05, 3.63) is 52.0 Å². The third kappa shape index (κ3) is 2.61. The minimum Gasteiger partial charge on any atom is -0.249 e. The number of halogens is 3. The van der Waals surface area contributed by atoms with E-state index in [0.717, 1.165) is 11.8 Å². The zero-order chi connectivity index (χ0) is 11.6. The van der Waals surface area contributed by atoms with Gasteiger partial charge in [0.25, 0.3) is 0 Å². The zero-order valence-electron chi connectivity index (χ0n) is 8.16. The lowest BCUT2D eigenvalue weighted by Crippen LogP contribution is -2.00. The minimum atomic E-state index is -4.29. The van der Waals surface area contributed by atoms with Gasteiger partial charge in [0.15, 0.2) is 0 Å². The highest BCUT2D eigenvalue weighted by Gasteiger charge is 2.33. The maximum atomic E-state index is 12.3. The Balaban J connectivity index is 2.15. The molecule has 1 aromatic carbocycles. The molecule has 16 heavy (non-hydrogen) atoms. The fourth-order valence-electron chi connectivity index (χ4n) is 1.29. The van der Waals surface area contributed by atoms with Gasteiger partial charge in [-0.1, -0.05) is 30.3 Å². The Bertz CT molecular complexity index is 462. The molecule has 2 rings (SSSR count). The summed E-state index contributed by atoms with van der Waals surface area (Å²) >= 11 is 0.699. The number of hydrogen-bond acceptors (Lipinski definition) is 2. The SMILES string of the molecule is FC(F)(F)c1cnc(Cc2ccccc2)s1. The Morgan fingerprint density at radius 2 is 1.81 bits per heavy atom. The van der Waals surface area contributed by atoms with Crippen molar-refractivity contribution in [2.45, 2.75) is 12.6 Å². The van der Waals surface area contributed by atoms with Crippen LogP contribution in [-0.4, -0.2) is 4.98 Å². The van der Waals surface area contributed by atoms with Gasteiger partial charge < -0.3 is 0 Å². The van der Waals surface area contributed by atoms with Crippen LogP contribution in [0, 0.1) is 0 Å². The molecule has 5 heteroatoms. The largest absolute Gasteiger partial charge is 0.427 e. The number of benzene rings is 1. The Morgan fingerprint density at radius 1 is 1.12 bits per heavy atom. The lowest BCUT2D eigenvalue weighted by Gasteiger charge is -1.99. The molecule has 0 atom stereocenters. The van der Waals surface area contributed by atoms with Gasteiger partial charge in [-0.15, -0.1) is 11.3 Å². The molecule has 2 aromatic rings. The topological polar surface area (TPSA) is 12.9 Å². The average Bonchev–Trinajstić information content (AvgIpc) is 2.67. The number of aromatic nitrogens is 1. The standard InChI is InChI=1S/C11H8F3NS/c12-11(13,14)9-7-15-10(16-9)6-8-4-2-1-3-5-8/h1-5,7H,6H2. The monoisotopic (exact) mass is 243 g/mol. The predicted octanol–water partition coefficient (Wildman–Crippen LogP) is 3.75. The van der Waals surface area contributed by atoms with Crippen LogP contribution in [0.3, 0.4) is 0 Å². The fraction of sp³-hybridized carbons (Fsp3) is 0.182. The molecule has 0 aliphatic rings. The molecule has 1 aromatic heterocycles. The molecule has 0 N–H and O–H groups in total. The van der Waals surface area contributed by atoms with Crippen LogP contribution in [0.5, 0.6) is 0 Å². The molecule has 0 fully saturated rings. The molecule has 1 heterocycles. The second kappa shape index (κ2) is 4.25. The van der Waals surface area contributed by atoms with Crippen LogP contribution in [-0.2, 0) is 12.6 Å². The number of rotatable bonds is 2. The van der Waals surface area contributed by atoms with Gasteiger partial charge in [0.2, 0.25) is 0 Å². The maximum absolute atomic E-state index is 12.3. The number of hydrogen-bond donors (Lipinski definition) is 0. The van der Waals surface area contributed by atoms with E-state index in [1.807, 2.05) is 30.3 Å². The molecular formula is C11H8F3NS. The first kappa shape index (κ1) is 11.1. The number of alkyl halides is 3. The second-order valence-electron chi connectivity index (χ2n) is 3.28. The van der Waals surface area contributed by atoms with Crippen molar-refractivity contribution in [3.8, 4) is 0 Å². The van der Waals surface area contributed by atoms with Gasteiger partial charge in [0.05, 0.1) is 11.2 Å². The number of nitrogens with zero attached hydrogens (tertiary/aromatic N) is 1. The summed E-state index contributed by atoms with van der Waals surface area (Å²) in [7, 11) is 0. The summed E-state index contributed by atoms with van der Waals surface area (Å²) in [4.78, 5) is 3.14. The van der Waals surface area contributed by atoms with E-state index in [1.54, 1.807) is 0 Å². The van der Waals surface area contributed by atoms with Crippen molar-refractivity contribution >= 4 is 11.3 Å². The van der Waals surface area contributed by atoms with Gasteiger partial charge in [-0.25, -0.2) is 4.98 Å². The summed E-state index contributed by atoms with van der Waals surface area (Å²) in [5.74, 6) is 0. The van der Waals surface area contributed by atoms with E-state index in [4.69, 9.17) is 0 Å². The molecule has 0 aliphatic carbocycles. The van der Waals surface area contributed by atoms with Crippen LogP contribution in [0.4, 0.5) is 13.2 Å². The first-order valence-corrected chi connectivity index (χ1v) is 5.43. The summed E-state index contributed by atoms with van der Waals surface area (Å²) in [5, 5.41) is 0.485. The minimum absolute atomic E-state index is 0.446. The third-order valence-corrected chi connectivity index (χ3v) is 3.07. The molecule has 0 saturated carbocycles. The van der Waals surface area contributed by atoms with Gasteiger partial charge in [-0.3, -0.25) is 0 Å². The molecule has 0 radical (unpaired) electrons. The summed E-state index contributed by atoms with van der Waals surface area (Å²) in [6, 6.07) is 9.32. The fourth-order valence-corrected chi connectivity index (χ4v) is 2.11. The van der Waals surface area contributed by atoms with E-state index >= 15 is 0 Å². The van der Waals surface area contributed by atoms with Gasteiger partial charge in [-0.2, -0.15) is 13.2 Å². The van der Waals surface area contributed by atoms with Crippen LogP contribution in [0.2, 0.25) is 0 Å². The first-order valence-electron chi connectivity index (χ1n) is 4.61. The van der Waals surface area contributed by atoms with Crippen LogP contribution >= 0.6 is 11.3 Å². The van der Waals surface area contributed by atoms with Crippen LogP contribution < -0.4 is 0 Å². The molecule has 0 spiro atoms. The zero-order valence-corrected chi connectivity index (χ0v) is 8.98. The van der Waals surface area contributed by atoms with E-state index in [-0.39, 0.29) is 0 Å². The van der Waals surface area contributed by atoms with E-state index in [2.05, 4.69) is 4.98 Å². The summed E-state index contributed by atoms with van der Waals surface area (Å²) < 4.78 is 36.9. The summed E-state index contributed by atoms with van der Waals surface area (Å²) in [5.41, 5.74) is 0.963. The van der Waals surface area contributed by atoms with Crippen molar-refractivity contribution in [3.63, 3.8) is 0 Å². The van der Waals surface area contributed by atoms with E-state index < -0.39 is 11.1 Å². The van der Waals surface area contributed by atoms with Crippen molar-refractivity contribution in [2.24, 2.45) is 0 Å². The molecule has 0 unspecified atom stereocenters. The van der Waals surface area contributed by atoms with Crippen LogP contribution in [0.25, 0.3) is 0 Å². The predicted molar refractivity (Wildman–Crippen MR) is 56.4 cm³/mol. The molecule has 0 aliphatic heterocycles. The maximum Gasteiger partial charge on any atom is 0.427 e. The van der Waals surface area contributed by atoms with Gasteiger partial charge >= 0.3 is 6.18 Å². The lowest BCUT2D eigenvalue weighted by atomic mass is 10.2. The average molecular weight is 243 g/mol. The van der Waals surface area contributed by atoms with Gasteiger partial charge in [0, 0.05) is 6.42 Å². The summed E-state index contributed by atoms with van der Waals surface area (Å²) in [6.45, 7) is 0. The highest BCUT2D eigenvalue weighted by atomic mass is 32.1. The van der Waals surface area contributed by atoms with Crippen molar-refractivity contribution < 1.29 is 13.2 Å². The number of thiazole rings is 1. The van der Waals surface area contributed by atoms with E-state index in [1.165, 1.54) is 0 Å². The molecule has 0 saturated heterocycles. The van der Waals surface area contributed by atoms with Crippen molar-refractivity contribution in [1.82, 2.24) is 4.98 Å². The van der Waals surface area contributed by atoms with Crippen molar-refractivity contribution in [1.29, 1.82) is 0 Å². The highest BCUT2D eigenvalue weighted by Crippen LogP contribution is 2.33. The van der Waals surface area contributed by atoms with E-state index in [9.17, 15) is 13.2 Å². The van der Waals surface area contributed by atoms with Gasteiger partial charge in [-0.05, 0) is 5.56 Å². The smallest absolute Gasteiger partial charge is 0.249 e. The molecule has 0 bridgehead atoms. The van der Waals surface area contributed by atoms with Crippen molar-refractivity contribution in [2.75, 3.05) is 0 Å². The second-order valence-corrected chi connectivity index (χ2v) is 4.39. The normalized spacial score (nSPS) is 11.7. The third-order valence-electron chi connectivity index (χ3n) is 2.03. The Hall–Kier alpha value is -1.36. The summed E-state index contributed by atoms with van der Waals surface area (Å²) in [6.07, 6.45) is -2.95. The quantitative estimate of drug-likeness (QED) is 0.782. The Morgan fingerprint density at radius 3 is 2.38 bits per heavy atom. The highest BCUT2D eigenvalue weighted by molar-refractivity contribution is 7.11. The molecule has 0 amide bonds. The van der Waals surface area contributed by atoms with Crippen LogP contribution in [0.1, 0.15) is 15.4 Å². The van der Waals surface area contributed by atoms with Crippen LogP contribution in [0.15, 0.2) is 36.5 Å². The molecule has 84 valence electrons. The lowest BCUT2D eigenvalue weighted by molar-refractivity contribution is -0.134. The Kier molecular flexibility index (Phi) is 2.96. The first-order chi connectivity index (χ1) is 7.55. The molecule has 1 nitrogen and oxygen atoms in total. The Labute approximate surface area is 94.6 Å².